The molecule has 0 saturated heterocycles. The van der Waals surface area contributed by atoms with Gasteiger partial charge < -0.3 is 5.32 Å². The zero-order chi connectivity index (χ0) is 13.1. The molecule has 6 heteroatoms. The minimum Gasteiger partial charge on any atom is -0.319 e. The second kappa shape index (κ2) is 5.10. The van der Waals surface area contributed by atoms with Crippen LogP contribution >= 0.6 is 11.6 Å². The Morgan fingerprint density at radius 1 is 1.22 bits per heavy atom. The highest BCUT2D eigenvalue weighted by atomic mass is 35.5. The first-order chi connectivity index (χ1) is 8.56. The molecule has 92 valence electrons. The number of halogens is 3. The maximum atomic E-state index is 13.4. The first-order valence-electron chi connectivity index (χ1n) is 4.94. The van der Waals surface area contributed by atoms with Crippen molar-refractivity contribution in [3.05, 3.63) is 58.9 Å². The Balaban J connectivity index is 2.21. The number of hydrogen-bond acceptors (Lipinski definition) is 2. The van der Waals surface area contributed by atoms with E-state index in [0.717, 1.165) is 18.3 Å². The van der Waals surface area contributed by atoms with Crippen molar-refractivity contribution in [1.29, 1.82) is 0 Å². The Kier molecular flexibility index (Phi) is 3.53. The summed E-state index contributed by atoms with van der Waals surface area (Å²) in [6.07, 6.45) is 1.16. The fraction of sp³-hybridized carbons (Fsp3) is 0. The number of anilines is 1. The van der Waals surface area contributed by atoms with Crippen LogP contribution in [0.5, 0.6) is 0 Å². The first kappa shape index (κ1) is 12.4. The van der Waals surface area contributed by atoms with Crippen molar-refractivity contribution >= 4 is 23.2 Å². The zero-order valence-corrected chi connectivity index (χ0v) is 9.71. The summed E-state index contributed by atoms with van der Waals surface area (Å²) < 4.78 is 26.2. The number of pyridine rings is 1. The van der Waals surface area contributed by atoms with Crippen molar-refractivity contribution in [1.82, 2.24) is 4.98 Å². The highest BCUT2D eigenvalue weighted by Crippen LogP contribution is 2.19. The predicted molar refractivity (Wildman–Crippen MR) is 63.6 cm³/mol. The highest BCUT2D eigenvalue weighted by Gasteiger charge is 2.10. The molecule has 0 spiro atoms. The van der Waals surface area contributed by atoms with Gasteiger partial charge in [-0.2, -0.15) is 4.39 Å². The van der Waals surface area contributed by atoms with Gasteiger partial charge in [0.1, 0.15) is 5.82 Å². The van der Waals surface area contributed by atoms with Crippen LogP contribution in [0.25, 0.3) is 0 Å². The Hall–Kier alpha value is -2.01. The average Bonchev–Trinajstić information content (AvgIpc) is 2.32. The standard InChI is InChI=1S/C12H7ClF2N2O/c13-8-1-2-10(9(14)6-8)17-12(18)7-3-4-16-11(15)5-7/h1-6H,(H,17,18). The van der Waals surface area contributed by atoms with Crippen molar-refractivity contribution in [2.24, 2.45) is 0 Å². The van der Waals surface area contributed by atoms with Crippen LogP contribution in [0, 0.1) is 11.8 Å². The van der Waals surface area contributed by atoms with E-state index in [0.29, 0.717) is 0 Å². The van der Waals surface area contributed by atoms with Crippen LogP contribution in [-0.2, 0) is 0 Å². The first-order valence-corrected chi connectivity index (χ1v) is 5.32. The molecule has 1 aromatic carbocycles. The molecule has 0 radical (unpaired) electrons. The normalized spacial score (nSPS) is 10.2. The Morgan fingerprint density at radius 3 is 2.67 bits per heavy atom. The Bertz CT molecular complexity index is 604. The van der Waals surface area contributed by atoms with Crippen LogP contribution < -0.4 is 5.32 Å². The molecule has 3 nitrogen and oxygen atoms in total. The molecule has 1 amide bonds. The number of aromatic nitrogens is 1. The van der Waals surface area contributed by atoms with Crippen LogP contribution in [0.2, 0.25) is 5.02 Å². The minimum absolute atomic E-state index is 0.0263. The van der Waals surface area contributed by atoms with Crippen molar-refractivity contribution in [3.8, 4) is 0 Å². The zero-order valence-electron chi connectivity index (χ0n) is 8.95. The van der Waals surface area contributed by atoms with E-state index in [4.69, 9.17) is 11.6 Å². The molecule has 0 aliphatic carbocycles. The van der Waals surface area contributed by atoms with Gasteiger partial charge in [0.15, 0.2) is 0 Å². The molecular weight excluding hydrogens is 262 g/mol. The van der Waals surface area contributed by atoms with Gasteiger partial charge >= 0.3 is 0 Å². The second-order valence-corrected chi connectivity index (χ2v) is 3.88. The van der Waals surface area contributed by atoms with Crippen molar-refractivity contribution in [2.45, 2.75) is 0 Å². The van der Waals surface area contributed by atoms with Crippen molar-refractivity contribution in [3.63, 3.8) is 0 Å². The molecule has 1 N–H and O–H groups in total. The number of nitrogens with zero attached hydrogens (tertiary/aromatic N) is 1. The quantitative estimate of drug-likeness (QED) is 0.850. The maximum absolute atomic E-state index is 13.4. The minimum atomic E-state index is -0.778. The van der Waals surface area contributed by atoms with Crippen LogP contribution in [0.1, 0.15) is 10.4 Å². The molecule has 1 aromatic heterocycles. The van der Waals surface area contributed by atoms with Gasteiger partial charge in [0.25, 0.3) is 5.91 Å². The molecule has 0 saturated carbocycles. The SMILES string of the molecule is O=C(Nc1ccc(Cl)cc1F)c1ccnc(F)c1. The van der Waals surface area contributed by atoms with Gasteiger partial charge in [0, 0.05) is 22.8 Å². The largest absolute Gasteiger partial charge is 0.319 e. The molecule has 0 fully saturated rings. The van der Waals surface area contributed by atoms with E-state index < -0.39 is 17.7 Å². The van der Waals surface area contributed by atoms with Crippen LogP contribution in [0.3, 0.4) is 0 Å². The number of amides is 1. The Morgan fingerprint density at radius 2 is 2.00 bits per heavy atom. The van der Waals surface area contributed by atoms with Crippen molar-refractivity contribution < 1.29 is 13.6 Å². The topological polar surface area (TPSA) is 42.0 Å². The molecule has 0 atom stereocenters. The highest BCUT2D eigenvalue weighted by molar-refractivity contribution is 6.30. The molecule has 1 heterocycles. The van der Waals surface area contributed by atoms with E-state index in [1.165, 1.54) is 18.2 Å². The van der Waals surface area contributed by atoms with Crippen LogP contribution in [0.4, 0.5) is 14.5 Å². The molecule has 0 bridgehead atoms. The number of hydrogen-bond donors (Lipinski definition) is 1. The lowest BCUT2D eigenvalue weighted by atomic mass is 10.2. The smallest absolute Gasteiger partial charge is 0.255 e. The van der Waals surface area contributed by atoms with Gasteiger partial charge in [-0.1, -0.05) is 11.6 Å². The van der Waals surface area contributed by atoms with E-state index >= 15 is 0 Å². The predicted octanol–water partition coefficient (Wildman–Crippen LogP) is 3.27. The summed E-state index contributed by atoms with van der Waals surface area (Å²) in [6.45, 7) is 0. The molecule has 18 heavy (non-hydrogen) atoms. The molecule has 2 rings (SSSR count). The molecule has 2 aromatic rings. The summed E-state index contributed by atoms with van der Waals surface area (Å²) in [5, 5.41) is 2.54. The van der Waals surface area contributed by atoms with E-state index in [-0.39, 0.29) is 16.3 Å². The van der Waals surface area contributed by atoms with E-state index in [1.807, 2.05) is 0 Å². The average molecular weight is 269 g/mol. The summed E-state index contributed by atoms with van der Waals surface area (Å²) in [4.78, 5) is 15.0. The number of rotatable bonds is 2. The lowest BCUT2D eigenvalue weighted by Crippen LogP contribution is -2.13. The summed E-state index contributed by atoms with van der Waals surface area (Å²) in [5.41, 5.74) is 0.0264. The van der Waals surface area contributed by atoms with Gasteiger partial charge in [-0.05, 0) is 24.3 Å². The number of benzene rings is 1. The summed E-state index contributed by atoms with van der Waals surface area (Å²) in [5.74, 6) is -2.07. The molecular formula is C12H7ClF2N2O. The number of carbonyl (C=O) groups excluding carboxylic acids is 1. The summed E-state index contributed by atoms with van der Waals surface area (Å²) in [6, 6.07) is 6.13. The van der Waals surface area contributed by atoms with E-state index in [2.05, 4.69) is 10.3 Å². The van der Waals surface area contributed by atoms with Gasteiger partial charge in [-0.3, -0.25) is 4.79 Å². The van der Waals surface area contributed by atoms with E-state index in [9.17, 15) is 13.6 Å². The fourth-order valence-electron chi connectivity index (χ4n) is 1.33. The molecule has 0 aliphatic rings. The monoisotopic (exact) mass is 268 g/mol. The number of carbonyl (C=O) groups is 1. The third kappa shape index (κ3) is 2.81. The van der Waals surface area contributed by atoms with Crippen LogP contribution in [-0.4, -0.2) is 10.9 Å². The fourth-order valence-corrected chi connectivity index (χ4v) is 1.49. The van der Waals surface area contributed by atoms with Gasteiger partial charge in [-0.25, -0.2) is 9.37 Å². The van der Waals surface area contributed by atoms with Gasteiger partial charge in [0.2, 0.25) is 5.95 Å². The van der Waals surface area contributed by atoms with E-state index in [1.54, 1.807) is 0 Å². The number of nitrogens with one attached hydrogen (secondary N) is 1. The Labute approximate surface area is 106 Å². The lowest BCUT2D eigenvalue weighted by molar-refractivity contribution is 0.102. The second-order valence-electron chi connectivity index (χ2n) is 3.45. The van der Waals surface area contributed by atoms with Gasteiger partial charge in [0.05, 0.1) is 5.69 Å². The molecule has 0 aliphatic heterocycles. The molecule has 0 unspecified atom stereocenters. The third-order valence-corrected chi connectivity index (χ3v) is 2.40. The van der Waals surface area contributed by atoms with Crippen LogP contribution in [0.15, 0.2) is 36.5 Å². The third-order valence-electron chi connectivity index (χ3n) is 2.17. The lowest BCUT2D eigenvalue weighted by Gasteiger charge is -2.06. The van der Waals surface area contributed by atoms with Crippen molar-refractivity contribution in [2.75, 3.05) is 5.32 Å². The van der Waals surface area contributed by atoms with Gasteiger partial charge in [-0.15, -0.1) is 0 Å². The summed E-state index contributed by atoms with van der Waals surface area (Å²) in [7, 11) is 0. The summed E-state index contributed by atoms with van der Waals surface area (Å²) >= 11 is 5.58. The maximum Gasteiger partial charge on any atom is 0.255 e.